The molecule has 0 spiro atoms. The average molecular weight is 494 g/mol. The highest BCUT2D eigenvalue weighted by Gasteiger charge is 2.20. The Morgan fingerprint density at radius 2 is 1.54 bits per heavy atom. The minimum Gasteiger partial charge on any atom is -0.361 e. The number of aromatic amines is 1. The maximum absolute atomic E-state index is 13.6. The zero-order valence-electron chi connectivity index (χ0n) is 21.5. The molecule has 0 bridgehead atoms. The van der Waals surface area contributed by atoms with Crippen LogP contribution in [0.25, 0.3) is 17.0 Å². The number of carbonyl (C=O) groups is 2. The van der Waals surface area contributed by atoms with E-state index in [0.29, 0.717) is 19.6 Å². The van der Waals surface area contributed by atoms with Crippen LogP contribution in [0.15, 0.2) is 97.2 Å². The van der Waals surface area contributed by atoms with Gasteiger partial charge in [0, 0.05) is 42.8 Å². The summed E-state index contributed by atoms with van der Waals surface area (Å²) in [6.45, 7) is 3.80. The van der Waals surface area contributed by atoms with Crippen molar-refractivity contribution in [1.82, 2.24) is 14.8 Å². The number of H-pyrrole nitrogens is 1. The molecule has 37 heavy (non-hydrogen) atoms. The van der Waals surface area contributed by atoms with Crippen LogP contribution < -0.4 is 0 Å². The van der Waals surface area contributed by atoms with Crippen LogP contribution in [0.3, 0.4) is 0 Å². The smallest absolute Gasteiger partial charge is 0.247 e. The number of hydrogen-bond donors (Lipinski definition) is 1. The molecule has 1 aromatic heterocycles. The first-order valence-electron chi connectivity index (χ1n) is 13.0. The lowest BCUT2D eigenvalue weighted by Crippen LogP contribution is -2.43. The second kappa shape index (κ2) is 13.3. The van der Waals surface area contributed by atoms with Gasteiger partial charge in [0.1, 0.15) is 6.54 Å². The van der Waals surface area contributed by atoms with E-state index in [1.807, 2.05) is 90.0 Å². The van der Waals surface area contributed by atoms with Gasteiger partial charge in [-0.1, -0.05) is 92.2 Å². The lowest BCUT2D eigenvalue weighted by Gasteiger charge is -2.27. The Bertz CT molecular complexity index is 1310. The molecule has 0 atom stereocenters. The number of rotatable bonds is 12. The van der Waals surface area contributed by atoms with Crippen LogP contribution >= 0.6 is 0 Å². The minimum atomic E-state index is -0.137. The Kier molecular flexibility index (Phi) is 9.30. The average Bonchev–Trinajstić information content (AvgIpc) is 3.36. The Morgan fingerprint density at radius 3 is 2.30 bits per heavy atom. The molecule has 0 radical (unpaired) electrons. The first-order valence-corrected chi connectivity index (χ1v) is 13.0. The van der Waals surface area contributed by atoms with Gasteiger partial charge in [0.05, 0.1) is 0 Å². The number of nitrogens with zero attached hydrogens (tertiary/aromatic N) is 2. The van der Waals surface area contributed by atoms with Crippen molar-refractivity contribution in [2.24, 2.45) is 0 Å². The number of aromatic nitrogens is 1. The molecule has 0 fully saturated rings. The lowest BCUT2D eigenvalue weighted by atomic mass is 10.1. The normalized spacial score (nSPS) is 11.2. The molecule has 0 saturated heterocycles. The summed E-state index contributed by atoms with van der Waals surface area (Å²) in [4.78, 5) is 33.6. The highest BCUT2D eigenvalue weighted by atomic mass is 16.2. The third-order valence-electron chi connectivity index (χ3n) is 6.53. The molecule has 3 aromatic carbocycles. The standard InChI is InChI=1S/C32H35N3O2/c1-2-3-21-34(31(36)19-18-26-12-6-4-7-13-26)25-32(37)35(24-27-14-8-5-9-15-27)22-20-28-23-33-30-17-11-10-16-29(28)30/h4-19,23,33H,2-3,20-22,24-25H2,1H3/b19-18+. The topological polar surface area (TPSA) is 56.4 Å². The summed E-state index contributed by atoms with van der Waals surface area (Å²) in [5, 5.41) is 1.18. The molecule has 2 amide bonds. The summed E-state index contributed by atoms with van der Waals surface area (Å²) in [5.41, 5.74) is 4.32. The van der Waals surface area contributed by atoms with E-state index in [0.717, 1.165) is 35.9 Å². The van der Waals surface area contributed by atoms with Gasteiger partial charge in [-0.15, -0.1) is 0 Å². The second-order valence-corrected chi connectivity index (χ2v) is 9.27. The van der Waals surface area contributed by atoms with Crippen molar-refractivity contribution in [3.8, 4) is 0 Å². The number of fused-ring (bicyclic) bond motifs is 1. The third kappa shape index (κ3) is 7.43. The summed E-state index contributed by atoms with van der Waals surface area (Å²) in [7, 11) is 0. The SMILES string of the molecule is CCCCN(CC(=O)N(CCc1c[nH]c2ccccc12)Cc1ccccc1)C(=O)/C=C/c1ccccc1. The van der Waals surface area contributed by atoms with Crippen LogP contribution in [-0.2, 0) is 22.6 Å². The van der Waals surface area contributed by atoms with Crippen LogP contribution in [0.5, 0.6) is 0 Å². The summed E-state index contributed by atoms with van der Waals surface area (Å²) in [6, 6.07) is 28.0. The molecule has 0 aliphatic heterocycles. The minimum absolute atomic E-state index is 0.0405. The maximum Gasteiger partial charge on any atom is 0.247 e. The third-order valence-corrected chi connectivity index (χ3v) is 6.53. The molecular formula is C32H35N3O2. The quantitative estimate of drug-likeness (QED) is 0.243. The van der Waals surface area contributed by atoms with Gasteiger partial charge >= 0.3 is 0 Å². The van der Waals surface area contributed by atoms with E-state index in [1.165, 1.54) is 10.9 Å². The van der Waals surface area contributed by atoms with Gasteiger partial charge in [-0.05, 0) is 41.7 Å². The van der Waals surface area contributed by atoms with Gasteiger partial charge < -0.3 is 14.8 Å². The van der Waals surface area contributed by atoms with Gasteiger partial charge in [-0.25, -0.2) is 0 Å². The highest BCUT2D eigenvalue weighted by molar-refractivity contribution is 5.94. The van der Waals surface area contributed by atoms with Crippen molar-refractivity contribution in [1.29, 1.82) is 0 Å². The molecule has 1 heterocycles. The number of unbranched alkanes of at least 4 members (excludes halogenated alkanes) is 1. The molecule has 1 N–H and O–H groups in total. The fraction of sp³-hybridized carbons (Fsp3) is 0.250. The molecule has 5 heteroatoms. The molecular weight excluding hydrogens is 458 g/mol. The highest BCUT2D eigenvalue weighted by Crippen LogP contribution is 2.19. The fourth-order valence-electron chi connectivity index (χ4n) is 4.41. The number of para-hydroxylation sites is 1. The van der Waals surface area contributed by atoms with E-state index in [1.54, 1.807) is 11.0 Å². The molecule has 4 rings (SSSR count). The summed E-state index contributed by atoms with van der Waals surface area (Å²) >= 11 is 0. The van der Waals surface area contributed by atoms with Gasteiger partial charge in [0.15, 0.2) is 0 Å². The lowest BCUT2D eigenvalue weighted by molar-refractivity contribution is -0.138. The molecule has 0 aliphatic rings. The van der Waals surface area contributed by atoms with Crippen molar-refractivity contribution < 1.29 is 9.59 Å². The van der Waals surface area contributed by atoms with Gasteiger partial charge in [-0.2, -0.15) is 0 Å². The molecule has 4 aromatic rings. The number of nitrogens with one attached hydrogen (secondary N) is 1. The monoisotopic (exact) mass is 493 g/mol. The Morgan fingerprint density at radius 1 is 0.838 bits per heavy atom. The van der Waals surface area contributed by atoms with Crippen LogP contribution in [0, 0.1) is 0 Å². The summed E-state index contributed by atoms with van der Waals surface area (Å²) in [6.07, 6.45) is 7.96. The van der Waals surface area contributed by atoms with Crippen LogP contribution in [-0.4, -0.2) is 46.2 Å². The number of amides is 2. The summed E-state index contributed by atoms with van der Waals surface area (Å²) in [5.74, 6) is -0.178. The van der Waals surface area contributed by atoms with Crippen LogP contribution in [0.4, 0.5) is 0 Å². The van der Waals surface area contributed by atoms with Crippen molar-refractivity contribution in [2.75, 3.05) is 19.6 Å². The van der Waals surface area contributed by atoms with Crippen molar-refractivity contribution >= 4 is 28.8 Å². The Labute approximate surface area is 219 Å². The first-order chi connectivity index (χ1) is 18.1. The Hall–Kier alpha value is -4.12. The van der Waals surface area contributed by atoms with E-state index in [-0.39, 0.29) is 18.4 Å². The van der Waals surface area contributed by atoms with Gasteiger partial charge in [0.2, 0.25) is 11.8 Å². The van der Waals surface area contributed by atoms with Crippen LogP contribution in [0.1, 0.15) is 36.5 Å². The number of hydrogen-bond acceptors (Lipinski definition) is 2. The molecule has 190 valence electrons. The number of carbonyl (C=O) groups excluding carboxylic acids is 2. The zero-order valence-corrected chi connectivity index (χ0v) is 21.5. The van der Waals surface area contributed by atoms with E-state index < -0.39 is 0 Å². The maximum atomic E-state index is 13.6. The van der Waals surface area contributed by atoms with E-state index in [2.05, 4.69) is 24.0 Å². The Balaban J connectivity index is 1.49. The zero-order chi connectivity index (χ0) is 25.9. The van der Waals surface area contributed by atoms with Crippen molar-refractivity contribution in [2.45, 2.75) is 32.7 Å². The van der Waals surface area contributed by atoms with E-state index in [9.17, 15) is 9.59 Å². The van der Waals surface area contributed by atoms with Gasteiger partial charge in [-0.3, -0.25) is 9.59 Å². The van der Waals surface area contributed by atoms with Crippen LogP contribution in [0.2, 0.25) is 0 Å². The predicted octanol–water partition coefficient (Wildman–Crippen LogP) is 6.08. The largest absolute Gasteiger partial charge is 0.361 e. The second-order valence-electron chi connectivity index (χ2n) is 9.27. The summed E-state index contributed by atoms with van der Waals surface area (Å²) < 4.78 is 0. The van der Waals surface area contributed by atoms with Crippen molar-refractivity contribution in [3.63, 3.8) is 0 Å². The molecule has 0 saturated carbocycles. The predicted molar refractivity (Wildman–Crippen MR) is 151 cm³/mol. The van der Waals surface area contributed by atoms with E-state index in [4.69, 9.17) is 0 Å². The van der Waals surface area contributed by atoms with Crippen molar-refractivity contribution in [3.05, 3.63) is 114 Å². The van der Waals surface area contributed by atoms with Gasteiger partial charge in [0.25, 0.3) is 0 Å². The first kappa shape index (κ1) is 26.0. The van der Waals surface area contributed by atoms with E-state index >= 15 is 0 Å². The fourth-order valence-corrected chi connectivity index (χ4v) is 4.41. The molecule has 0 unspecified atom stereocenters. The molecule has 0 aliphatic carbocycles. The number of benzene rings is 3. The molecule has 5 nitrogen and oxygen atoms in total.